The van der Waals surface area contributed by atoms with E-state index in [4.69, 9.17) is 0 Å². The van der Waals surface area contributed by atoms with Crippen molar-refractivity contribution in [2.24, 2.45) is 5.92 Å². The molecule has 1 aromatic carbocycles. The van der Waals surface area contributed by atoms with Gasteiger partial charge >= 0.3 is 12.4 Å². The Morgan fingerprint density at radius 3 is 2.15 bits per heavy atom. The molecule has 1 saturated heterocycles. The van der Waals surface area contributed by atoms with Gasteiger partial charge in [0.15, 0.2) is 15.5 Å². The highest BCUT2D eigenvalue weighted by Crippen LogP contribution is 2.40. The Morgan fingerprint density at radius 1 is 0.971 bits per heavy atom. The molecule has 1 aromatic heterocycles. The molecule has 0 saturated carbocycles. The minimum absolute atomic E-state index is 0.00275. The predicted molar refractivity (Wildman–Crippen MR) is 111 cm³/mol. The van der Waals surface area contributed by atoms with E-state index in [2.05, 4.69) is 4.98 Å². The summed E-state index contributed by atoms with van der Waals surface area (Å²) < 4.78 is 104. The summed E-state index contributed by atoms with van der Waals surface area (Å²) in [5, 5.41) is 0. The molecule has 0 bridgehead atoms. The number of carbonyl (C=O) groups is 1. The number of aromatic nitrogens is 1. The van der Waals surface area contributed by atoms with E-state index >= 15 is 0 Å². The molecule has 0 spiro atoms. The van der Waals surface area contributed by atoms with Crippen molar-refractivity contribution in [2.45, 2.75) is 48.7 Å². The molecule has 0 atom stereocenters. The van der Waals surface area contributed by atoms with Gasteiger partial charge in [-0.15, -0.1) is 0 Å². The average molecular weight is 508 g/mol. The summed E-state index contributed by atoms with van der Waals surface area (Å²) in [6.45, 7) is 2.82. The van der Waals surface area contributed by atoms with Gasteiger partial charge < -0.3 is 4.90 Å². The molecule has 1 aliphatic rings. The van der Waals surface area contributed by atoms with E-state index in [1.54, 1.807) is 0 Å². The third-order valence-electron chi connectivity index (χ3n) is 6.24. The number of pyridine rings is 1. The van der Waals surface area contributed by atoms with Crippen LogP contribution in [0.15, 0.2) is 47.5 Å². The van der Waals surface area contributed by atoms with Gasteiger partial charge in [-0.05, 0) is 62.9 Å². The van der Waals surface area contributed by atoms with E-state index in [0.29, 0.717) is 6.07 Å². The predicted octanol–water partition coefficient (Wildman–Crippen LogP) is 5.22. The van der Waals surface area contributed by atoms with E-state index in [1.807, 2.05) is 0 Å². The Balaban J connectivity index is 1.79. The number of carbonyl (C=O) groups excluding carboxylic acids is 1. The number of hydrogen-bond acceptors (Lipinski definition) is 4. The molecular formula is C22H22F6N2O3S. The van der Waals surface area contributed by atoms with Crippen LogP contribution in [0.4, 0.5) is 26.3 Å². The molecule has 0 aliphatic carbocycles. The molecule has 186 valence electrons. The monoisotopic (exact) mass is 508 g/mol. The molecule has 34 heavy (non-hydrogen) atoms. The summed E-state index contributed by atoms with van der Waals surface area (Å²) in [6.07, 6.45) is -8.28. The van der Waals surface area contributed by atoms with Crippen LogP contribution in [0.3, 0.4) is 0 Å². The van der Waals surface area contributed by atoms with Crippen LogP contribution >= 0.6 is 0 Å². The normalized spacial score (nSPS) is 16.5. The SMILES string of the molecule is CC(C)(C1CCN(C(=O)c2cccnc2C(F)(F)F)CC1)S(=O)(=O)c1cccc(C(F)(F)F)c1. The number of halogens is 6. The zero-order valence-electron chi connectivity index (χ0n) is 18.2. The van der Waals surface area contributed by atoms with Gasteiger partial charge in [0.05, 0.1) is 20.8 Å². The van der Waals surface area contributed by atoms with Crippen molar-refractivity contribution in [3.63, 3.8) is 0 Å². The first kappa shape index (κ1) is 26.0. The number of alkyl halides is 6. The summed E-state index contributed by atoms with van der Waals surface area (Å²) in [5.41, 5.74) is -2.97. The Kier molecular flexibility index (Phi) is 6.77. The molecule has 1 fully saturated rings. The maximum atomic E-state index is 13.2. The topological polar surface area (TPSA) is 67.3 Å². The lowest BCUT2D eigenvalue weighted by molar-refractivity contribution is -0.141. The third kappa shape index (κ3) is 4.91. The zero-order chi connectivity index (χ0) is 25.5. The Hall–Kier alpha value is -2.63. The number of amides is 1. The molecule has 2 aromatic rings. The second-order valence-electron chi connectivity index (χ2n) is 8.60. The minimum Gasteiger partial charge on any atom is -0.339 e. The summed E-state index contributed by atoms with van der Waals surface area (Å²) in [6, 6.07) is 5.76. The first-order valence-corrected chi connectivity index (χ1v) is 11.8. The summed E-state index contributed by atoms with van der Waals surface area (Å²) in [4.78, 5) is 16.8. The van der Waals surface area contributed by atoms with Gasteiger partial charge in [-0.25, -0.2) is 8.42 Å². The van der Waals surface area contributed by atoms with Crippen LogP contribution < -0.4 is 0 Å². The fraction of sp³-hybridized carbons (Fsp3) is 0.455. The molecule has 0 radical (unpaired) electrons. The van der Waals surface area contributed by atoms with E-state index in [1.165, 1.54) is 24.8 Å². The highest BCUT2D eigenvalue weighted by Gasteiger charge is 2.45. The van der Waals surface area contributed by atoms with Crippen molar-refractivity contribution < 1.29 is 39.6 Å². The van der Waals surface area contributed by atoms with Gasteiger partial charge in [0.25, 0.3) is 5.91 Å². The van der Waals surface area contributed by atoms with Crippen LogP contribution in [0.5, 0.6) is 0 Å². The molecule has 1 amide bonds. The van der Waals surface area contributed by atoms with Crippen molar-refractivity contribution in [1.29, 1.82) is 0 Å². The fourth-order valence-corrected chi connectivity index (χ4v) is 5.94. The smallest absolute Gasteiger partial charge is 0.339 e. The Bertz CT molecular complexity index is 1170. The van der Waals surface area contributed by atoms with Crippen molar-refractivity contribution in [3.8, 4) is 0 Å². The van der Waals surface area contributed by atoms with E-state index < -0.39 is 60.5 Å². The zero-order valence-corrected chi connectivity index (χ0v) is 19.1. The van der Waals surface area contributed by atoms with Gasteiger partial charge in [-0.3, -0.25) is 9.78 Å². The molecule has 0 N–H and O–H groups in total. The molecule has 0 unspecified atom stereocenters. The van der Waals surface area contributed by atoms with Gasteiger partial charge in [0, 0.05) is 19.3 Å². The summed E-state index contributed by atoms with van der Waals surface area (Å²) in [7, 11) is -4.20. The van der Waals surface area contributed by atoms with Crippen molar-refractivity contribution >= 4 is 15.7 Å². The van der Waals surface area contributed by atoms with Gasteiger partial charge in [-0.2, -0.15) is 26.3 Å². The Morgan fingerprint density at radius 2 is 1.59 bits per heavy atom. The molecular weight excluding hydrogens is 486 g/mol. The maximum Gasteiger partial charge on any atom is 0.434 e. The number of hydrogen-bond donors (Lipinski definition) is 0. The highest BCUT2D eigenvalue weighted by atomic mass is 32.2. The van der Waals surface area contributed by atoms with Gasteiger partial charge in [0.1, 0.15) is 0 Å². The average Bonchev–Trinajstić information content (AvgIpc) is 2.77. The van der Waals surface area contributed by atoms with Crippen molar-refractivity contribution in [2.75, 3.05) is 13.1 Å². The Labute approximate surface area is 192 Å². The summed E-state index contributed by atoms with van der Waals surface area (Å²) >= 11 is 0. The van der Waals surface area contributed by atoms with Crippen LogP contribution in [-0.4, -0.2) is 42.0 Å². The fourth-order valence-electron chi connectivity index (χ4n) is 4.11. The lowest BCUT2D eigenvalue weighted by atomic mass is 9.85. The molecule has 5 nitrogen and oxygen atoms in total. The number of nitrogens with zero attached hydrogens (tertiary/aromatic N) is 2. The van der Waals surface area contributed by atoms with Gasteiger partial charge in [-0.1, -0.05) is 6.07 Å². The van der Waals surface area contributed by atoms with Crippen LogP contribution in [-0.2, 0) is 22.2 Å². The van der Waals surface area contributed by atoms with Crippen molar-refractivity contribution in [3.05, 3.63) is 59.4 Å². The van der Waals surface area contributed by atoms with Crippen LogP contribution in [0.25, 0.3) is 0 Å². The first-order valence-electron chi connectivity index (χ1n) is 10.3. The molecule has 1 aliphatic heterocycles. The van der Waals surface area contributed by atoms with E-state index in [-0.39, 0.29) is 25.9 Å². The standard InChI is InChI=1S/C22H22F6N2O3S/c1-20(2,34(32,33)16-6-3-5-15(13-16)21(23,24)25)14-8-11-30(12-9-14)19(31)17-7-4-10-29-18(17)22(26,27)28/h3-7,10,13-14H,8-9,11-12H2,1-2H3. The number of likely N-dealkylation sites (tertiary alicyclic amines) is 1. The van der Waals surface area contributed by atoms with Crippen LogP contribution in [0.2, 0.25) is 0 Å². The van der Waals surface area contributed by atoms with Crippen LogP contribution in [0, 0.1) is 5.92 Å². The second-order valence-corrected chi connectivity index (χ2v) is 11.1. The molecule has 2 heterocycles. The number of rotatable bonds is 4. The third-order valence-corrected chi connectivity index (χ3v) is 8.83. The number of sulfone groups is 1. The van der Waals surface area contributed by atoms with E-state index in [0.717, 1.165) is 30.5 Å². The summed E-state index contributed by atoms with van der Waals surface area (Å²) in [5.74, 6) is -1.40. The second kappa shape index (κ2) is 8.86. The van der Waals surface area contributed by atoms with Crippen LogP contribution in [0.1, 0.15) is 48.3 Å². The number of piperidine rings is 1. The largest absolute Gasteiger partial charge is 0.434 e. The van der Waals surface area contributed by atoms with E-state index in [9.17, 15) is 39.6 Å². The lowest BCUT2D eigenvalue weighted by Gasteiger charge is -2.40. The maximum absolute atomic E-state index is 13.2. The molecule has 3 rings (SSSR count). The lowest BCUT2D eigenvalue weighted by Crippen LogP contribution is -2.48. The molecule has 12 heteroatoms. The number of benzene rings is 1. The van der Waals surface area contributed by atoms with Gasteiger partial charge in [0.2, 0.25) is 0 Å². The quantitative estimate of drug-likeness (QED) is 0.531. The minimum atomic E-state index is -4.81. The highest BCUT2D eigenvalue weighted by molar-refractivity contribution is 7.92. The first-order chi connectivity index (χ1) is 15.6. The van der Waals surface area contributed by atoms with Crippen molar-refractivity contribution in [1.82, 2.24) is 9.88 Å².